The lowest BCUT2D eigenvalue weighted by Crippen LogP contribution is -2.23. The number of halogens is 1. The summed E-state index contributed by atoms with van der Waals surface area (Å²) in [7, 11) is 3.39. The predicted molar refractivity (Wildman–Crippen MR) is 78.0 cm³/mol. The molecule has 1 aromatic carbocycles. The Hall–Kier alpha value is -1.53. The lowest BCUT2D eigenvalue weighted by molar-refractivity contribution is 0.177. The van der Waals surface area contributed by atoms with E-state index < -0.39 is 0 Å². The summed E-state index contributed by atoms with van der Waals surface area (Å²) < 4.78 is 9.40. The van der Waals surface area contributed by atoms with Crippen LogP contribution < -0.4 is 11.3 Å². The van der Waals surface area contributed by atoms with Crippen LogP contribution in [0.1, 0.15) is 11.3 Å². The van der Waals surface area contributed by atoms with Crippen molar-refractivity contribution in [3.63, 3.8) is 0 Å². The van der Waals surface area contributed by atoms with Crippen LogP contribution in [0.4, 0.5) is 5.69 Å². The number of benzene rings is 1. The standard InChI is InChI=1S/C13H16BrN3O2/c1-16-11(8-19-2)12(15)13(18)17(16)7-9-4-3-5-10(14)6-9/h3-6H,7-8,15H2,1-2H3. The van der Waals surface area contributed by atoms with E-state index in [-0.39, 0.29) is 11.2 Å². The maximum Gasteiger partial charge on any atom is 0.290 e. The van der Waals surface area contributed by atoms with Gasteiger partial charge in [0.25, 0.3) is 5.56 Å². The van der Waals surface area contributed by atoms with E-state index in [4.69, 9.17) is 10.5 Å². The summed E-state index contributed by atoms with van der Waals surface area (Å²) in [6, 6.07) is 7.83. The molecule has 2 aromatic rings. The number of rotatable bonds is 4. The van der Waals surface area contributed by atoms with Crippen molar-refractivity contribution in [1.82, 2.24) is 9.36 Å². The zero-order chi connectivity index (χ0) is 14.0. The Kier molecular flexibility index (Phi) is 4.11. The third-order valence-corrected chi connectivity index (χ3v) is 3.52. The zero-order valence-electron chi connectivity index (χ0n) is 10.9. The van der Waals surface area contributed by atoms with Gasteiger partial charge in [-0.3, -0.25) is 9.48 Å². The molecule has 2 rings (SSSR count). The van der Waals surface area contributed by atoms with Crippen LogP contribution in [0.25, 0.3) is 0 Å². The van der Waals surface area contributed by atoms with E-state index in [2.05, 4.69) is 15.9 Å². The molecule has 0 aliphatic rings. The first-order chi connectivity index (χ1) is 9.04. The molecule has 0 unspecified atom stereocenters. The summed E-state index contributed by atoms with van der Waals surface area (Å²) in [4.78, 5) is 12.1. The Labute approximate surface area is 119 Å². The van der Waals surface area contributed by atoms with Crippen LogP contribution in [0, 0.1) is 0 Å². The fraction of sp³-hybridized carbons (Fsp3) is 0.308. The monoisotopic (exact) mass is 325 g/mol. The molecule has 19 heavy (non-hydrogen) atoms. The highest BCUT2D eigenvalue weighted by atomic mass is 79.9. The van der Waals surface area contributed by atoms with Crippen molar-refractivity contribution >= 4 is 21.6 Å². The quantitative estimate of drug-likeness (QED) is 0.931. The highest BCUT2D eigenvalue weighted by molar-refractivity contribution is 9.10. The van der Waals surface area contributed by atoms with Crippen molar-refractivity contribution in [2.75, 3.05) is 12.8 Å². The van der Waals surface area contributed by atoms with E-state index in [9.17, 15) is 4.79 Å². The fourth-order valence-corrected chi connectivity index (χ4v) is 2.46. The summed E-state index contributed by atoms with van der Waals surface area (Å²) in [6.07, 6.45) is 0. The van der Waals surface area contributed by atoms with E-state index in [1.54, 1.807) is 16.5 Å². The number of methoxy groups -OCH3 is 1. The molecule has 0 spiro atoms. The van der Waals surface area contributed by atoms with Crippen LogP contribution in [0.2, 0.25) is 0 Å². The minimum Gasteiger partial charge on any atom is -0.393 e. The zero-order valence-corrected chi connectivity index (χ0v) is 12.5. The van der Waals surface area contributed by atoms with Crippen molar-refractivity contribution < 1.29 is 4.74 Å². The van der Waals surface area contributed by atoms with Gasteiger partial charge in [-0.2, -0.15) is 0 Å². The molecule has 0 aliphatic carbocycles. The largest absolute Gasteiger partial charge is 0.393 e. The molecule has 2 N–H and O–H groups in total. The van der Waals surface area contributed by atoms with E-state index in [0.717, 1.165) is 10.0 Å². The SMILES string of the molecule is COCc1c(N)c(=O)n(Cc2cccc(Br)c2)n1C. The maximum absolute atomic E-state index is 12.1. The molecule has 0 fully saturated rings. The maximum atomic E-state index is 12.1. The van der Waals surface area contributed by atoms with Gasteiger partial charge in [0.1, 0.15) is 5.69 Å². The number of hydrogen-bond acceptors (Lipinski definition) is 3. The van der Waals surface area contributed by atoms with Crippen molar-refractivity contribution in [2.24, 2.45) is 7.05 Å². The van der Waals surface area contributed by atoms with Gasteiger partial charge in [-0.25, -0.2) is 4.68 Å². The van der Waals surface area contributed by atoms with Gasteiger partial charge in [-0.1, -0.05) is 28.1 Å². The number of nitrogens with two attached hydrogens (primary N) is 1. The van der Waals surface area contributed by atoms with Crippen molar-refractivity contribution in [3.8, 4) is 0 Å². The third-order valence-electron chi connectivity index (χ3n) is 3.03. The lowest BCUT2D eigenvalue weighted by Gasteiger charge is -2.10. The molecule has 0 amide bonds. The average molecular weight is 326 g/mol. The van der Waals surface area contributed by atoms with Crippen molar-refractivity contribution in [1.29, 1.82) is 0 Å². The summed E-state index contributed by atoms with van der Waals surface area (Å²) in [5.74, 6) is 0. The van der Waals surface area contributed by atoms with Gasteiger partial charge in [-0.15, -0.1) is 0 Å². The van der Waals surface area contributed by atoms with Crippen LogP contribution in [-0.2, 0) is 24.9 Å². The number of hydrogen-bond donors (Lipinski definition) is 1. The molecule has 0 radical (unpaired) electrons. The average Bonchev–Trinajstić information content (AvgIpc) is 2.57. The van der Waals surface area contributed by atoms with Gasteiger partial charge >= 0.3 is 0 Å². The summed E-state index contributed by atoms with van der Waals surface area (Å²) in [5, 5.41) is 0. The Bertz CT molecular complexity index is 646. The third kappa shape index (κ3) is 2.74. The molecule has 0 bridgehead atoms. The first-order valence-corrected chi connectivity index (χ1v) is 6.61. The molecule has 1 heterocycles. The Morgan fingerprint density at radius 2 is 2.16 bits per heavy atom. The number of nitrogen functional groups attached to an aromatic ring is 1. The summed E-state index contributed by atoms with van der Waals surface area (Å²) >= 11 is 3.42. The molecule has 0 aliphatic heterocycles. The minimum absolute atomic E-state index is 0.186. The van der Waals surface area contributed by atoms with E-state index >= 15 is 0 Å². The van der Waals surface area contributed by atoms with Gasteiger partial charge in [0.15, 0.2) is 0 Å². The second-order valence-corrected chi connectivity index (χ2v) is 5.23. The van der Waals surface area contributed by atoms with E-state index in [1.807, 2.05) is 31.3 Å². The Balaban J connectivity index is 2.41. The second kappa shape index (κ2) is 5.63. The molecule has 0 saturated carbocycles. The first-order valence-electron chi connectivity index (χ1n) is 5.82. The van der Waals surface area contributed by atoms with Crippen molar-refractivity contribution in [2.45, 2.75) is 13.2 Å². The summed E-state index contributed by atoms with van der Waals surface area (Å²) in [5.41, 5.74) is 7.62. The molecular formula is C13H16BrN3O2. The molecule has 6 heteroatoms. The minimum atomic E-state index is -0.186. The molecule has 1 aromatic heterocycles. The Morgan fingerprint density at radius 1 is 1.42 bits per heavy atom. The number of nitrogens with zero attached hydrogens (tertiary/aromatic N) is 2. The molecular weight excluding hydrogens is 310 g/mol. The van der Waals surface area contributed by atoms with Crippen LogP contribution >= 0.6 is 15.9 Å². The number of aromatic nitrogens is 2. The number of anilines is 1. The van der Waals surface area contributed by atoms with Gasteiger partial charge in [0, 0.05) is 18.6 Å². The molecule has 0 saturated heterocycles. The van der Waals surface area contributed by atoms with Crippen LogP contribution in [0.15, 0.2) is 33.5 Å². The first kappa shape index (κ1) is 13.9. The van der Waals surface area contributed by atoms with Crippen LogP contribution in [-0.4, -0.2) is 16.5 Å². The molecule has 5 nitrogen and oxygen atoms in total. The second-order valence-electron chi connectivity index (χ2n) is 4.31. The normalized spacial score (nSPS) is 10.9. The summed E-state index contributed by atoms with van der Waals surface area (Å²) in [6.45, 7) is 0.797. The van der Waals surface area contributed by atoms with E-state index in [1.165, 1.54) is 0 Å². The van der Waals surface area contributed by atoms with Gasteiger partial charge in [0.2, 0.25) is 0 Å². The van der Waals surface area contributed by atoms with Gasteiger partial charge in [0.05, 0.1) is 18.8 Å². The fourth-order valence-electron chi connectivity index (χ4n) is 2.01. The van der Waals surface area contributed by atoms with Gasteiger partial charge < -0.3 is 10.5 Å². The highest BCUT2D eigenvalue weighted by Gasteiger charge is 2.15. The van der Waals surface area contributed by atoms with Crippen molar-refractivity contribution in [3.05, 3.63) is 50.3 Å². The lowest BCUT2D eigenvalue weighted by atomic mass is 10.2. The van der Waals surface area contributed by atoms with Gasteiger partial charge in [-0.05, 0) is 17.7 Å². The topological polar surface area (TPSA) is 62.2 Å². The molecule has 102 valence electrons. The van der Waals surface area contributed by atoms with Crippen LogP contribution in [0.3, 0.4) is 0 Å². The molecule has 0 atom stereocenters. The predicted octanol–water partition coefficient (Wildman–Crippen LogP) is 1.73. The van der Waals surface area contributed by atoms with E-state index in [0.29, 0.717) is 18.8 Å². The Morgan fingerprint density at radius 3 is 2.79 bits per heavy atom. The highest BCUT2D eigenvalue weighted by Crippen LogP contribution is 2.14. The smallest absolute Gasteiger partial charge is 0.290 e. The van der Waals surface area contributed by atoms with Crippen LogP contribution in [0.5, 0.6) is 0 Å². The number of ether oxygens (including phenoxy) is 1.